The highest BCUT2D eigenvalue weighted by Gasteiger charge is 2.27. The molecular formula is C9H13N3O5S. The quantitative estimate of drug-likeness (QED) is 0.593. The smallest absolute Gasteiger partial charge is 0.351 e. The molecule has 9 heteroatoms. The van der Waals surface area contributed by atoms with Crippen LogP contribution in [0.3, 0.4) is 0 Å². The predicted molar refractivity (Wildman–Crippen MR) is 65.1 cm³/mol. The van der Waals surface area contributed by atoms with Gasteiger partial charge in [-0.15, -0.1) is 11.8 Å². The predicted octanol–water partition coefficient (Wildman–Crippen LogP) is -0.893. The maximum atomic E-state index is 11.4. The van der Waals surface area contributed by atoms with Gasteiger partial charge in [-0.3, -0.25) is 9.36 Å². The van der Waals surface area contributed by atoms with Crippen molar-refractivity contribution < 1.29 is 19.7 Å². The number of nitrogens with two attached hydrogens (primary N) is 1. The molecule has 0 radical (unpaired) electrons. The molecule has 1 aromatic rings. The molecule has 2 atom stereocenters. The van der Waals surface area contributed by atoms with Gasteiger partial charge in [0.25, 0.3) is 6.47 Å². The van der Waals surface area contributed by atoms with E-state index in [-0.39, 0.29) is 30.6 Å². The number of aromatic nitrogens is 2. The van der Waals surface area contributed by atoms with Crippen LogP contribution in [-0.4, -0.2) is 44.0 Å². The molecular weight excluding hydrogens is 262 g/mol. The van der Waals surface area contributed by atoms with Gasteiger partial charge in [0, 0.05) is 11.9 Å². The number of nitrogen functional groups attached to an aromatic ring is 1. The third-order valence-electron chi connectivity index (χ3n) is 2.04. The van der Waals surface area contributed by atoms with Crippen molar-refractivity contribution in [1.29, 1.82) is 0 Å². The topological polar surface area (TPSA) is 128 Å². The van der Waals surface area contributed by atoms with Crippen LogP contribution < -0.4 is 11.4 Å². The number of hydrogen-bond acceptors (Lipinski definition) is 7. The van der Waals surface area contributed by atoms with Crippen LogP contribution in [0.5, 0.6) is 0 Å². The Hall–Kier alpha value is -1.58. The summed E-state index contributed by atoms with van der Waals surface area (Å²) in [6.07, 6.45) is 1.18. The van der Waals surface area contributed by atoms with Gasteiger partial charge < -0.3 is 20.7 Å². The van der Waals surface area contributed by atoms with Crippen LogP contribution in [0.15, 0.2) is 17.1 Å². The average molecular weight is 275 g/mol. The van der Waals surface area contributed by atoms with Crippen LogP contribution in [0.4, 0.5) is 5.82 Å². The van der Waals surface area contributed by atoms with Crippen molar-refractivity contribution in [1.82, 2.24) is 9.55 Å². The van der Waals surface area contributed by atoms with Crippen LogP contribution >= 0.6 is 11.8 Å². The number of nitrogens with zero attached hydrogens (tertiary/aromatic N) is 2. The monoisotopic (exact) mass is 275 g/mol. The molecule has 1 aromatic heterocycles. The number of aliphatic hydroxyl groups excluding tert-OH is 1. The largest absolute Gasteiger partial charge is 0.483 e. The van der Waals surface area contributed by atoms with E-state index in [0.717, 1.165) is 0 Å². The maximum absolute atomic E-state index is 11.4. The molecule has 0 unspecified atom stereocenters. The molecule has 1 aliphatic heterocycles. The number of aliphatic hydroxyl groups is 1. The van der Waals surface area contributed by atoms with Gasteiger partial charge in [-0.1, -0.05) is 0 Å². The van der Waals surface area contributed by atoms with E-state index in [1.165, 1.54) is 16.3 Å². The number of rotatable bonds is 2. The molecule has 1 aliphatic rings. The van der Waals surface area contributed by atoms with E-state index in [9.17, 15) is 4.79 Å². The normalized spacial score (nSPS) is 22.1. The highest BCUT2D eigenvalue weighted by Crippen LogP contribution is 2.30. The zero-order chi connectivity index (χ0) is 13.5. The van der Waals surface area contributed by atoms with Crippen LogP contribution in [0.1, 0.15) is 6.23 Å². The molecule has 0 aliphatic carbocycles. The van der Waals surface area contributed by atoms with Crippen molar-refractivity contribution in [3.63, 3.8) is 0 Å². The summed E-state index contributed by atoms with van der Waals surface area (Å²) >= 11 is 1.47. The lowest BCUT2D eigenvalue weighted by molar-refractivity contribution is -0.122. The third kappa shape index (κ3) is 3.72. The first-order chi connectivity index (χ1) is 8.62. The number of hydrogen-bond donors (Lipinski definition) is 3. The van der Waals surface area contributed by atoms with Crippen LogP contribution in [0.25, 0.3) is 0 Å². The summed E-state index contributed by atoms with van der Waals surface area (Å²) in [6.45, 7) is -0.307. The summed E-state index contributed by atoms with van der Waals surface area (Å²) < 4.78 is 6.79. The molecule has 2 rings (SSSR count). The number of ether oxygens (including phenoxy) is 1. The van der Waals surface area contributed by atoms with Crippen molar-refractivity contribution >= 4 is 24.1 Å². The van der Waals surface area contributed by atoms with Gasteiger partial charge in [0.2, 0.25) is 0 Å². The molecule has 18 heavy (non-hydrogen) atoms. The van der Waals surface area contributed by atoms with Crippen molar-refractivity contribution in [2.75, 3.05) is 18.1 Å². The summed E-state index contributed by atoms with van der Waals surface area (Å²) in [5, 5.41) is 15.8. The fourth-order valence-corrected chi connectivity index (χ4v) is 2.26. The van der Waals surface area contributed by atoms with Crippen molar-refractivity contribution in [2.45, 2.75) is 11.7 Å². The Kier molecular flexibility index (Phi) is 5.62. The molecule has 1 saturated heterocycles. The fraction of sp³-hybridized carbons (Fsp3) is 0.444. The summed E-state index contributed by atoms with van der Waals surface area (Å²) in [5.74, 6) is 0.817. The van der Waals surface area contributed by atoms with E-state index in [2.05, 4.69) is 4.98 Å². The minimum Gasteiger partial charge on any atom is -0.483 e. The standard InChI is InChI=1S/C8H11N3O3S.CH2O2/c9-5-1-2-11(8(13)10-5)6-4-15-7(3-12)14-6;2-1-3/h1-2,6-7,12H,3-4H2,(H2,9,10,13);1H,(H,2,3)/t6-,7+;/m0./s1. The van der Waals surface area contributed by atoms with Crippen LogP contribution in [0.2, 0.25) is 0 Å². The van der Waals surface area contributed by atoms with E-state index in [1.807, 2.05) is 0 Å². The van der Waals surface area contributed by atoms with Crippen molar-refractivity contribution in [2.24, 2.45) is 0 Å². The molecule has 0 spiro atoms. The first-order valence-corrected chi connectivity index (χ1v) is 5.97. The lowest BCUT2D eigenvalue weighted by Gasteiger charge is -2.13. The second kappa shape index (κ2) is 6.99. The van der Waals surface area contributed by atoms with Gasteiger partial charge in [0.15, 0.2) is 0 Å². The number of carbonyl (C=O) groups is 1. The Morgan fingerprint density at radius 2 is 2.39 bits per heavy atom. The number of thioether (sulfide) groups is 1. The minimum absolute atomic E-state index is 0.0572. The third-order valence-corrected chi connectivity index (χ3v) is 3.15. The second-order valence-electron chi connectivity index (χ2n) is 3.18. The summed E-state index contributed by atoms with van der Waals surface area (Å²) in [5.41, 5.74) is 4.67. The number of carboxylic acid groups (broad SMARTS) is 1. The van der Waals surface area contributed by atoms with E-state index < -0.39 is 5.69 Å². The Morgan fingerprint density at radius 3 is 2.89 bits per heavy atom. The second-order valence-corrected chi connectivity index (χ2v) is 4.38. The molecule has 100 valence electrons. The molecule has 2 heterocycles. The van der Waals surface area contributed by atoms with E-state index in [4.69, 9.17) is 25.5 Å². The van der Waals surface area contributed by atoms with Gasteiger partial charge in [-0.2, -0.15) is 4.98 Å². The highest BCUT2D eigenvalue weighted by molar-refractivity contribution is 8.00. The fourth-order valence-electron chi connectivity index (χ4n) is 1.33. The molecule has 4 N–H and O–H groups in total. The molecule has 0 amide bonds. The van der Waals surface area contributed by atoms with E-state index >= 15 is 0 Å². The van der Waals surface area contributed by atoms with E-state index in [1.54, 1.807) is 12.3 Å². The molecule has 8 nitrogen and oxygen atoms in total. The molecule has 0 saturated carbocycles. The Morgan fingerprint density at radius 1 is 1.72 bits per heavy atom. The van der Waals surface area contributed by atoms with Gasteiger partial charge in [-0.25, -0.2) is 4.79 Å². The molecule has 1 fully saturated rings. The van der Waals surface area contributed by atoms with Gasteiger partial charge in [0.1, 0.15) is 17.5 Å². The summed E-state index contributed by atoms with van der Waals surface area (Å²) in [6, 6.07) is 1.54. The molecule has 0 aromatic carbocycles. The minimum atomic E-state index is -0.431. The Balaban J connectivity index is 0.000000492. The Labute approximate surface area is 106 Å². The van der Waals surface area contributed by atoms with Crippen LogP contribution in [-0.2, 0) is 9.53 Å². The average Bonchev–Trinajstić information content (AvgIpc) is 2.78. The van der Waals surface area contributed by atoms with Gasteiger partial charge in [0.05, 0.1) is 6.61 Å². The number of anilines is 1. The zero-order valence-electron chi connectivity index (χ0n) is 9.30. The first-order valence-electron chi connectivity index (χ1n) is 4.92. The van der Waals surface area contributed by atoms with Gasteiger partial charge in [-0.05, 0) is 6.07 Å². The van der Waals surface area contributed by atoms with Crippen molar-refractivity contribution in [3.05, 3.63) is 22.7 Å². The van der Waals surface area contributed by atoms with Gasteiger partial charge >= 0.3 is 5.69 Å². The Bertz CT molecular complexity index is 452. The SMILES string of the molecule is Nc1ccn([C@@H]2CS[C@H](CO)O2)c(=O)n1.O=CO. The highest BCUT2D eigenvalue weighted by atomic mass is 32.2. The zero-order valence-corrected chi connectivity index (χ0v) is 10.1. The summed E-state index contributed by atoms with van der Waals surface area (Å²) in [7, 11) is 0. The molecule has 0 bridgehead atoms. The van der Waals surface area contributed by atoms with Crippen LogP contribution in [0, 0.1) is 0 Å². The summed E-state index contributed by atoms with van der Waals surface area (Å²) in [4.78, 5) is 23.4. The maximum Gasteiger partial charge on any atom is 0.351 e. The van der Waals surface area contributed by atoms with E-state index in [0.29, 0.717) is 5.75 Å². The lowest BCUT2D eigenvalue weighted by atomic mass is 10.5. The first kappa shape index (κ1) is 14.5. The lowest BCUT2D eigenvalue weighted by Crippen LogP contribution is -2.28. The van der Waals surface area contributed by atoms with Crippen molar-refractivity contribution in [3.8, 4) is 0 Å².